The number of hydrogen-bond acceptors (Lipinski definition) is 7. The SMILES string of the molecule is CC/C=C\C/C=C\C/C=C\C/C=C\C/C=C\C/C=C\C/C=C\CCCCCCCCCCCCCCCCCCCC(=O)OC(COC(=O)CCCCCCCCCCCCC/C=C\C/C=C\CCCCCCC)COP(=O)(O)OCC[N+](C)(C)C. The van der Waals surface area contributed by atoms with Gasteiger partial charge in [-0.2, -0.15) is 0 Å². The summed E-state index contributed by atoms with van der Waals surface area (Å²) in [7, 11) is 1.48. The number of rotatable bonds is 65. The quantitative estimate of drug-likeness (QED) is 0.0211. The number of allylic oxidation sites excluding steroid dienone is 18. The van der Waals surface area contributed by atoms with Gasteiger partial charge in [0, 0.05) is 12.8 Å². The van der Waals surface area contributed by atoms with Crippen LogP contribution in [-0.2, 0) is 32.7 Å². The predicted molar refractivity (Wildman–Crippen MR) is 371 cm³/mol. The van der Waals surface area contributed by atoms with Crippen molar-refractivity contribution in [3.63, 3.8) is 0 Å². The molecule has 0 heterocycles. The molecular formula is C76H135NO8P+. The predicted octanol–water partition coefficient (Wildman–Crippen LogP) is 23.3. The van der Waals surface area contributed by atoms with Gasteiger partial charge in [-0.25, -0.2) is 4.57 Å². The van der Waals surface area contributed by atoms with E-state index in [-0.39, 0.29) is 32.0 Å². The van der Waals surface area contributed by atoms with Gasteiger partial charge in [0.1, 0.15) is 19.8 Å². The smallest absolute Gasteiger partial charge is 0.462 e. The number of nitrogens with zero attached hydrogens (tertiary/aromatic N) is 1. The fourth-order valence-corrected chi connectivity index (χ4v) is 10.6. The number of likely N-dealkylation sites (N-methyl/N-ethyl adjacent to an activating group) is 1. The van der Waals surface area contributed by atoms with Gasteiger partial charge in [-0.3, -0.25) is 18.6 Å². The Hall–Kier alpha value is -3.33. The Morgan fingerprint density at radius 2 is 0.663 bits per heavy atom. The van der Waals surface area contributed by atoms with Crippen LogP contribution in [0.1, 0.15) is 309 Å². The van der Waals surface area contributed by atoms with Crippen molar-refractivity contribution in [2.75, 3.05) is 47.5 Å². The van der Waals surface area contributed by atoms with Crippen molar-refractivity contribution in [2.45, 2.75) is 315 Å². The minimum absolute atomic E-state index is 0.0291. The monoisotopic (exact) mass is 1220 g/mol. The molecule has 0 aliphatic heterocycles. The number of carbonyl (C=O) groups excluding carboxylic acids is 2. The molecule has 0 spiro atoms. The Morgan fingerprint density at radius 3 is 0.988 bits per heavy atom. The van der Waals surface area contributed by atoms with E-state index in [0.717, 1.165) is 83.5 Å². The first kappa shape index (κ1) is 82.7. The second-order valence-corrected chi connectivity index (χ2v) is 26.3. The standard InChI is InChI=1S/C76H134NO8P/c1-6-8-10-12-14-16-18-20-22-24-26-28-30-31-32-33-34-35-36-37-38-39-40-41-42-43-44-45-47-49-51-53-55-57-59-61-63-65-67-69-76(79)85-74(73-84-86(80,81)83-71-70-77(3,4)5)72-82-75(78)68-66-64-62-60-58-56-54-52-50-48-46-29-27-25-23-21-19-17-15-13-11-9-7-2/h8,10,14,16,19-22,25-28,31-32,34-35,37-38,74H,6-7,9,11-13,15,17-18,23-24,29-30,33,36,39-73H2,1-5H3/p+1/b10-8-,16-14-,21-19-,22-20-,27-25-,28-26-,32-31-,35-34-,38-37-. The van der Waals surface area contributed by atoms with Gasteiger partial charge in [-0.05, 0) is 103 Å². The van der Waals surface area contributed by atoms with Gasteiger partial charge in [0.2, 0.25) is 0 Å². The van der Waals surface area contributed by atoms with E-state index in [2.05, 4.69) is 123 Å². The van der Waals surface area contributed by atoms with E-state index in [4.69, 9.17) is 18.5 Å². The third-order valence-corrected chi connectivity index (χ3v) is 16.3. The molecule has 1 N–H and O–H groups in total. The second-order valence-electron chi connectivity index (χ2n) is 24.9. The van der Waals surface area contributed by atoms with Gasteiger partial charge in [0.05, 0.1) is 27.7 Å². The highest BCUT2D eigenvalue weighted by molar-refractivity contribution is 7.47. The molecule has 0 aromatic carbocycles. The lowest BCUT2D eigenvalue weighted by Crippen LogP contribution is -2.37. The lowest BCUT2D eigenvalue weighted by molar-refractivity contribution is -0.870. The van der Waals surface area contributed by atoms with Crippen LogP contribution in [-0.4, -0.2) is 74.9 Å². The lowest BCUT2D eigenvalue weighted by Gasteiger charge is -2.24. The summed E-state index contributed by atoms with van der Waals surface area (Å²) in [5, 5.41) is 0. The van der Waals surface area contributed by atoms with Crippen molar-refractivity contribution >= 4 is 19.8 Å². The number of phosphoric ester groups is 1. The highest BCUT2D eigenvalue weighted by Gasteiger charge is 2.27. The molecule has 86 heavy (non-hydrogen) atoms. The molecule has 0 aliphatic carbocycles. The van der Waals surface area contributed by atoms with Crippen molar-refractivity contribution in [3.05, 3.63) is 109 Å². The largest absolute Gasteiger partial charge is 0.472 e. The fraction of sp³-hybridized carbons (Fsp3) is 0.737. The number of unbranched alkanes of at least 4 members (excludes halogenated alkanes) is 33. The highest BCUT2D eigenvalue weighted by Crippen LogP contribution is 2.43. The zero-order valence-electron chi connectivity index (χ0n) is 56.5. The first-order valence-electron chi connectivity index (χ1n) is 35.6. The maximum Gasteiger partial charge on any atom is 0.472 e. The van der Waals surface area contributed by atoms with E-state index >= 15 is 0 Å². The number of hydrogen-bond donors (Lipinski definition) is 1. The van der Waals surface area contributed by atoms with Crippen LogP contribution in [0.4, 0.5) is 0 Å². The minimum atomic E-state index is -4.40. The van der Waals surface area contributed by atoms with Crippen LogP contribution in [0.2, 0.25) is 0 Å². The van der Waals surface area contributed by atoms with Crippen LogP contribution in [0.3, 0.4) is 0 Å². The van der Waals surface area contributed by atoms with E-state index in [9.17, 15) is 19.0 Å². The summed E-state index contributed by atoms with van der Waals surface area (Å²) in [4.78, 5) is 35.9. The van der Waals surface area contributed by atoms with Crippen molar-refractivity contribution < 1.29 is 42.1 Å². The molecular weight excluding hydrogens is 1090 g/mol. The second kappa shape index (κ2) is 66.1. The number of carbonyl (C=O) groups is 2. The summed E-state index contributed by atoms with van der Waals surface area (Å²) in [6, 6.07) is 0. The van der Waals surface area contributed by atoms with Gasteiger partial charge in [0.15, 0.2) is 6.10 Å². The molecule has 0 aromatic rings. The van der Waals surface area contributed by atoms with Crippen LogP contribution in [0.15, 0.2) is 109 Å². The molecule has 2 unspecified atom stereocenters. The van der Waals surface area contributed by atoms with Gasteiger partial charge >= 0.3 is 19.8 Å². The topological polar surface area (TPSA) is 108 Å². The van der Waals surface area contributed by atoms with Crippen molar-refractivity contribution in [2.24, 2.45) is 0 Å². The highest BCUT2D eigenvalue weighted by atomic mass is 31.2. The molecule has 0 saturated carbocycles. The minimum Gasteiger partial charge on any atom is -0.462 e. The summed E-state index contributed by atoms with van der Waals surface area (Å²) in [6.45, 7) is 4.34. The first-order chi connectivity index (χ1) is 42.0. The molecule has 0 aromatic heterocycles. The zero-order valence-corrected chi connectivity index (χ0v) is 57.4. The molecule has 10 heteroatoms. The number of ether oxygens (including phenoxy) is 2. The van der Waals surface area contributed by atoms with Crippen LogP contribution in [0, 0.1) is 0 Å². The Kier molecular flexibility index (Phi) is 63.5. The van der Waals surface area contributed by atoms with Crippen LogP contribution in [0.25, 0.3) is 0 Å². The van der Waals surface area contributed by atoms with E-state index < -0.39 is 26.5 Å². The van der Waals surface area contributed by atoms with Crippen molar-refractivity contribution in [3.8, 4) is 0 Å². The Labute approximate surface area is 531 Å². The van der Waals surface area contributed by atoms with E-state index in [0.29, 0.717) is 17.4 Å². The van der Waals surface area contributed by atoms with Gasteiger partial charge in [-0.15, -0.1) is 0 Å². The summed E-state index contributed by atoms with van der Waals surface area (Å²) < 4.78 is 34.7. The van der Waals surface area contributed by atoms with Crippen LogP contribution < -0.4 is 0 Å². The van der Waals surface area contributed by atoms with Crippen molar-refractivity contribution in [1.29, 1.82) is 0 Å². The van der Waals surface area contributed by atoms with Crippen LogP contribution >= 0.6 is 7.82 Å². The average Bonchev–Trinajstić information content (AvgIpc) is 3.56. The molecule has 0 bridgehead atoms. The molecule has 0 saturated heterocycles. The number of quaternary nitrogens is 1. The first-order valence-corrected chi connectivity index (χ1v) is 37.1. The fourth-order valence-electron chi connectivity index (χ4n) is 9.85. The van der Waals surface area contributed by atoms with Crippen molar-refractivity contribution in [1.82, 2.24) is 0 Å². The average molecular weight is 1220 g/mol. The third-order valence-electron chi connectivity index (χ3n) is 15.3. The Morgan fingerprint density at radius 1 is 0.372 bits per heavy atom. The number of esters is 2. The van der Waals surface area contributed by atoms with Gasteiger partial charge < -0.3 is 18.9 Å². The zero-order chi connectivity index (χ0) is 62.6. The molecule has 0 aliphatic rings. The third kappa shape index (κ3) is 69.8. The molecule has 0 amide bonds. The molecule has 0 radical (unpaired) electrons. The summed E-state index contributed by atoms with van der Waals surface area (Å²) in [5.41, 5.74) is 0. The maximum atomic E-state index is 12.9. The molecule has 496 valence electrons. The summed E-state index contributed by atoms with van der Waals surface area (Å²) >= 11 is 0. The van der Waals surface area contributed by atoms with Gasteiger partial charge in [0.25, 0.3) is 0 Å². The van der Waals surface area contributed by atoms with E-state index in [1.165, 1.54) is 193 Å². The lowest BCUT2D eigenvalue weighted by atomic mass is 10.0. The Bertz CT molecular complexity index is 1820. The van der Waals surface area contributed by atoms with E-state index in [1.54, 1.807) is 0 Å². The molecule has 9 nitrogen and oxygen atoms in total. The summed E-state index contributed by atoms with van der Waals surface area (Å²) in [6.07, 6.45) is 93.4. The molecule has 0 fully saturated rings. The molecule has 0 rings (SSSR count). The molecule has 2 atom stereocenters. The maximum absolute atomic E-state index is 12.9. The Balaban J connectivity index is 4.01. The van der Waals surface area contributed by atoms with Gasteiger partial charge in [-0.1, -0.05) is 303 Å². The van der Waals surface area contributed by atoms with Crippen LogP contribution in [0.5, 0.6) is 0 Å². The summed E-state index contributed by atoms with van der Waals surface area (Å²) in [5.74, 6) is -0.792. The normalized spacial score (nSPS) is 13.8. The number of phosphoric acid groups is 1. The van der Waals surface area contributed by atoms with E-state index in [1.807, 2.05) is 21.1 Å².